The lowest BCUT2D eigenvalue weighted by molar-refractivity contribution is 0.0528. The third kappa shape index (κ3) is 5.08. The highest BCUT2D eigenvalue weighted by Crippen LogP contribution is 2.28. The number of ether oxygens (including phenoxy) is 1. The lowest BCUT2D eigenvalue weighted by Gasteiger charge is -2.12. The zero-order valence-corrected chi connectivity index (χ0v) is 23.4. The number of nitrogens with one attached hydrogen (secondary N) is 1. The molecule has 11 heteroatoms. The molecule has 2 N–H and O–H groups in total. The summed E-state index contributed by atoms with van der Waals surface area (Å²) in [5.41, 5.74) is 4.74. The van der Waals surface area contributed by atoms with Crippen molar-refractivity contribution in [1.29, 1.82) is 0 Å². The number of carbonyl (C=O) groups is 2. The van der Waals surface area contributed by atoms with E-state index >= 15 is 0 Å². The van der Waals surface area contributed by atoms with Crippen LogP contribution in [0, 0.1) is 5.82 Å². The predicted octanol–water partition coefficient (Wildman–Crippen LogP) is 7.39. The Kier molecular flexibility index (Phi) is 7.35. The van der Waals surface area contributed by atoms with Crippen molar-refractivity contribution in [3.63, 3.8) is 0 Å². The average Bonchev–Trinajstić information content (AvgIpc) is 3.70. The second-order valence-electron chi connectivity index (χ2n) is 9.37. The summed E-state index contributed by atoms with van der Waals surface area (Å²) in [5.74, 6) is -1.46. The summed E-state index contributed by atoms with van der Waals surface area (Å²) in [5, 5.41) is 12.7. The molecule has 9 nitrogen and oxygen atoms in total. The smallest absolute Gasteiger partial charge is 0.340 e. The zero-order valence-electron chi connectivity index (χ0n) is 22.7. The first-order valence-corrected chi connectivity index (χ1v) is 13.6. The quantitative estimate of drug-likeness (QED) is 0.200. The van der Waals surface area contributed by atoms with Crippen LogP contribution in [-0.2, 0) is 4.74 Å². The summed E-state index contributed by atoms with van der Waals surface area (Å²) >= 11 is 6.15. The summed E-state index contributed by atoms with van der Waals surface area (Å²) in [7, 11) is 0. The summed E-state index contributed by atoms with van der Waals surface area (Å²) in [6.45, 7) is 2.10. The van der Waals surface area contributed by atoms with Gasteiger partial charge in [-0.3, -0.25) is 0 Å². The van der Waals surface area contributed by atoms with E-state index in [4.69, 9.17) is 16.3 Å². The highest BCUT2D eigenvalue weighted by atomic mass is 35.5. The van der Waals surface area contributed by atoms with E-state index in [0.29, 0.717) is 39.7 Å². The number of carbonyl (C=O) groups excluding carboxylic acids is 1. The fraction of sp³-hybridized carbons (Fsp3) is 0.0625. The number of benzene rings is 3. The summed E-state index contributed by atoms with van der Waals surface area (Å²) < 4.78 is 22.7. The maximum Gasteiger partial charge on any atom is 0.340 e. The minimum Gasteiger partial charge on any atom is -0.478 e. The number of rotatable bonds is 5. The van der Waals surface area contributed by atoms with Crippen molar-refractivity contribution < 1.29 is 23.8 Å². The number of nitrogens with zero attached hydrogens (tertiary/aromatic N) is 4. The Morgan fingerprint density at radius 3 is 2.09 bits per heavy atom. The van der Waals surface area contributed by atoms with E-state index in [1.54, 1.807) is 43.3 Å². The van der Waals surface area contributed by atoms with Crippen molar-refractivity contribution in [1.82, 2.24) is 18.8 Å². The molecule has 0 spiro atoms. The molecule has 0 unspecified atom stereocenters. The molecule has 0 aliphatic rings. The highest BCUT2D eigenvalue weighted by molar-refractivity contribution is 6.33. The van der Waals surface area contributed by atoms with E-state index in [0.717, 1.165) is 16.6 Å². The maximum absolute atomic E-state index is 13.9. The molecule has 0 aliphatic heterocycles. The van der Waals surface area contributed by atoms with Crippen LogP contribution < -0.4 is 5.32 Å². The van der Waals surface area contributed by atoms with Crippen molar-refractivity contribution in [2.24, 2.45) is 0 Å². The number of aromatic carboxylic acids is 1. The minimum atomic E-state index is -1.06. The Labute approximate surface area is 248 Å². The van der Waals surface area contributed by atoms with E-state index in [1.165, 1.54) is 12.1 Å². The van der Waals surface area contributed by atoms with E-state index < -0.39 is 11.8 Å². The number of hydrogen-bond donors (Lipinski definition) is 2. The van der Waals surface area contributed by atoms with Crippen molar-refractivity contribution in [2.45, 2.75) is 6.92 Å². The van der Waals surface area contributed by atoms with Gasteiger partial charge in [-0.1, -0.05) is 35.9 Å². The van der Waals surface area contributed by atoms with Crippen molar-refractivity contribution >= 4 is 68.1 Å². The molecule has 7 aromatic rings. The van der Waals surface area contributed by atoms with Crippen LogP contribution in [0.5, 0.6) is 0 Å². The van der Waals surface area contributed by atoms with Gasteiger partial charge in [-0.05, 0) is 67.6 Å². The van der Waals surface area contributed by atoms with Gasteiger partial charge in [0.25, 0.3) is 0 Å². The van der Waals surface area contributed by atoms with Crippen molar-refractivity contribution in [2.75, 3.05) is 11.9 Å². The number of para-hydroxylation sites is 3. The number of esters is 1. The molecule has 0 amide bonds. The molecule has 43 heavy (non-hydrogen) atoms. The fourth-order valence-electron chi connectivity index (χ4n) is 4.88. The highest BCUT2D eigenvalue weighted by Gasteiger charge is 2.17. The lowest BCUT2D eigenvalue weighted by atomic mass is 10.1. The summed E-state index contributed by atoms with van der Waals surface area (Å²) in [6.07, 6.45) is 3.71. The third-order valence-electron chi connectivity index (χ3n) is 6.79. The van der Waals surface area contributed by atoms with Gasteiger partial charge in [-0.25, -0.2) is 23.9 Å². The van der Waals surface area contributed by atoms with Gasteiger partial charge in [0, 0.05) is 12.4 Å². The third-order valence-corrected chi connectivity index (χ3v) is 7.06. The first-order valence-electron chi connectivity index (χ1n) is 13.2. The molecule has 7 rings (SSSR count). The van der Waals surface area contributed by atoms with Crippen LogP contribution in [0.2, 0.25) is 5.15 Å². The zero-order chi connectivity index (χ0) is 30.1. The van der Waals surface area contributed by atoms with E-state index in [-0.39, 0.29) is 17.2 Å². The molecule has 0 aliphatic carbocycles. The molecule has 0 radical (unpaired) electrons. The number of aromatic nitrogens is 4. The number of halogens is 2. The largest absolute Gasteiger partial charge is 0.478 e. The van der Waals surface area contributed by atoms with Gasteiger partial charge in [0.1, 0.15) is 16.9 Å². The number of hydrogen-bond acceptors (Lipinski definition) is 6. The van der Waals surface area contributed by atoms with Gasteiger partial charge in [0.15, 0.2) is 11.0 Å². The molecule has 0 saturated heterocycles. The lowest BCUT2D eigenvalue weighted by Crippen LogP contribution is -2.07. The Morgan fingerprint density at radius 2 is 1.42 bits per heavy atom. The van der Waals surface area contributed by atoms with Crippen LogP contribution >= 0.6 is 11.6 Å². The normalized spacial score (nSPS) is 11.0. The van der Waals surface area contributed by atoms with Crippen LogP contribution in [0.1, 0.15) is 27.6 Å². The van der Waals surface area contributed by atoms with Crippen LogP contribution in [-0.4, -0.2) is 42.4 Å². The molecule has 214 valence electrons. The number of fused-ring (bicyclic) bond motifs is 6. The molecule has 0 atom stereocenters. The molecular formula is C32H23ClFN5O4. The second kappa shape index (κ2) is 11.4. The van der Waals surface area contributed by atoms with Crippen LogP contribution in [0.4, 0.5) is 15.9 Å². The Balaban J connectivity index is 0.000000157. The molecule has 4 heterocycles. The second-order valence-corrected chi connectivity index (χ2v) is 9.72. The minimum absolute atomic E-state index is 0.0969. The van der Waals surface area contributed by atoms with Gasteiger partial charge in [0.2, 0.25) is 0 Å². The van der Waals surface area contributed by atoms with Gasteiger partial charge in [0.05, 0.1) is 45.5 Å². The van der Waals surface area contributed by atoms with Crippen LogP contribution in [0.3, 0.4) is 0 Å². The topological polar surface area (TPSA) is 110 Å². The van der Waals surface area contributed by atoms with Crippen LogP contribution in [0.15, 0.2) is 97.3 Å². The fourth-order valence-corrected chi connectivity index (χ4v) is 5.12. The number of anilines is 2. The summed E-state index contributed by atoms with van der Waals surface area (Å²) in [4.78, 5) is 32.2. The van der Waals surface area contributed by atoms with Crippen molar-refractivity contribution in [3.05, 3.63) is 119 Å². The Morgan fingerprint density at radius 1 is 0.814 bits per heavy atom. The molecule has 0 bridgehead atoms. The molecule has 0 saturated carbocycles. The average molecular weight is 596 g/mol. The monoisotopic (exact) mass is 595 g/mol. The summed E-state index contributed by atoms with van der Waals surface area (Å²) in [6, 6.07) is 24.1. The SMILES string of the molecule is CCOC(=O)c1cccc2c1nc(Cl)c1cccn12.O=C(O)c1cccc2c1nc(Nc1ccccc1F)c1cccn12. The first-order chi connectivity index (χ1) is 20.9. The predicted molar refractivity (Wildman–Crippen MR) is 163 cm³/mol. The van der Waals surface area contributed by atoms with Gasteiger partial charge >= 0.3 is 11.9 Å². The van der Waals surface area contributed by atoms with E-state index in [1.807, 2.05) is 57.6 Å². The Hall–Kier alpha value is -5.48. The van der Waals surface area contributed by atoms with E-state index in [9.17, 15) is 19.1 Å². The van der Waals surface area contributed by atoms with Gasteiger partial charge < -0.3 is 24.0 Å². The van der Waals surface area contributed by atoms with Crippen LogP contribution in [0.25, 0.3) is 33.1 Å². The maximum atomic E-state index is 13.9. The molecular weight excluding hydrogens is 573 g/mol. The Bertz CT molecular complexity index is 2170. The van der Waals surface area contributed by atoms with E-state index in [2.05, 4.69) is 15.3 Å². The molecule has 3 aromatic carbocycles. The number of carboxylic acid groups (broad SMARTS) is 1. The van der Waals surface area contributed by atoms with Gasteiger partial charge in [-0.15, -0.1) is 0 Å². The number of carboxylic acids is 1. The first kappa shape index (κ1) is 27.7. The molecule has 0 fully saturated rings. The molecule has 4 aromatic heterocycles. The van der Waals surface area contributed by atoms with Crippen molar-refractivity contribution in [3.8, 4) is 0 Å². The van der Waals surface area contributed by atoms with Gasteiger partial charge in [-0.2, -0.15) is 0 Å². The standard InChI is InChI=1S/C18H12FN3O2.C14H11ClN2O2/c19-12-6-1-2-7-13(12)20-17-15-9-4-10-22(15)14-8-3-5-11(18(23)24)16(14)21-17;1-2-19-14(18)9-5-3-6-10-12(9)16-13(15)11-7-4-8-17(10)11/h1-10H,(H,20,21)(H,23,24);3-8H,2H2,1H3.